The molecule has 2 aromatic rings. The molecule has 0 spiro atoms. The molecule has 0 fully saturated rings. The van der Waals surface area contributed by atoms with Crippen molar-refractivity contribution in [2.45, 2.75) is 13.5 Å². The molecule has 1 aromatic heterocycles. The molecule has 0 N–H and O–H groups in total. The van der Waals surface area contributed by atoms with Crippen molar-refractivity contribution in [3.8, 4) is 5.75 Å². The number of ether oxygens (including phenoxy) is 1. The number of aromatic nitrogens is 2. The molecule has 0 atom stereocenters. The van der Waals surface area contributed by atoms with Gasteiger partial charge in [-0.2, -0.15) is 4.98 Å². The lowest BCUT2D eigenvalue weighted by molar-refractivity contribution is 0.111. The molecule has 1 heterocycles. The van der Waals surface area contributed by atoms with Gasteiger partial charge in [0.15, 0.2) is 12.9 Å². The minimum atomic E-state index is -0.491. The predicted octanol–water partition coefficient (Wildman–Crippen LogP) is 1.91. The third-order valence-electron chi connectivity index (χ3n) is 2.03. The Balaban J connectivity index is 2.11. The summed E-state index contributed by atoms with van der Waals surface area (Å²) >= 11 is 0. The first kappa shape index (κ1) is 11.3. The number of benzene rings is 1. The first-order chi connectivity index (χ1) is 8.19. The van der Waals surface area contributed by atoms with Crippen molar-refractivity contribution in [2.24, 2.45) is 0 Å². The molecule has 0 amide bonds. The van der Waals surface area contributed by atoms with E-state index in [1.807, 2.05) is 0 Å². The van der Waals surface area contributed by atoms with Crippen LogP contribution in [0.5, 0.6) is 5.75 Å². The number of carbonyl (C=O) groups is 1. The Hall–Kier alpha value is -2.24. The third kappa shape index (κ3) is 2.66. The fourth-order valence-electron chi connectivity index (χ4n) is 1.29. The normalized spacial score (nSPS) is 10.2. The van der Waals surface area contributed by atoms with Crippen molar-refractivity contribution < 1.29 is 18.4 Å². The Bertz CT molecular complexity index is 539. The molecule has 2 rings (SSSR count). The summed E-state index contributed by atoms with van der Waals surface area (Å²) in [7, 11) is 0. The minimum Gasteiger partial charge on any atom is -0.485 e. The second-order valence-electron chi connectivity index (χ2n) is 3.32. The van der Waals surface area contributed by atoms with Gasteiger partial charge in [-0.05, 0) is 18.2 Å². The zero-order chi connectivity index (χ0) is 12.3. The Morgan fingerprint density at radius 2 is 2.35 bits per heavy atom. The van der Waals surface area contributed by atoms with Gasteiger partial charge in [0.05, 0.1) is 5.56 Å². The Morgan fingerprint density at radius 1 is 1.53 bits per heavy atom. The van der Waals surface area contributed by atoms with Gasteiger partial charge in [0.2, 0.25) is 11.7 Å². The average Bonchev–Trinajstić information content (AvgIpc) is 2.73. The molecule has 0 aliphatic carbocycles. The fourth-order valence-corrected chi connectivity index (χ4v) is 1.29. The van der Waals surface area contributed by atoms with E-state index in [0.29, 0.717) is 18.0 Å². The fraction of sp³-hybridized carbons (Fsp3) is 0.182. The van der Waals surface area contributed by atoms with Gasteiger partial charge in [-0.25, -0.2) is 4.39 Å². The van der Waals surface area contributed by atoms with E-state index in [-0.39, 0.29) is 17.9 Å². The number of rotatable bonds is 4. The van der Waals surface area contributed by atoms with Crippen molar-refractivity contribution in [3.63, 3.8) is 0 Å². The highest BCUT2D eigenvalue weighted by Crippen LogP contribution is 2.18. The maximum Gasteiger partial charge on any atom is 0.223 e. The molecule has 0 saturated carbocycles. The Kier molecular flexibility index (Phi) is 3.13. The second-order valence-corrected chi connectivity index (χ2v) is 3.32. The maximum atomic E-state index is 12.8. The van der Waals surface area contributed by atoms with Crippen molar-refractivity contribution in [3.05, 3.63) is 41.3 Å². The van der Waals surface area contributed by atoms with Crippen LogP contribution in [0.1, 0.15) is 22.1 Å². The molecule has 0 radical (unpaired) electrons. The maximum absolute atomic E-state index is 12.8. The smallest absolute Gasteiger partial charge is 0.223 e. The van der Waals surface area contributed by atoms with E-state index in [1.165, 1.54) is 12.1 Å². The molecular weight excluding hydrogens is 227 g/mol. The second kappa shape index (κ2) is 4.73. The first-order valence-electron chi connectivity index (χ1n) is 4.86. The van der Waals surface area contributed by atoms with Crippen molar-refractivity contribution in [1.29, 1.82) is 0 Å². The number of nitrogens with zero attached hydrogens (tertiary/aromatic N) is 2. The molecule has 0 unspecified atom stereocenters. The van der Waals surface area contributed by atoms with Crippen LogP contribution in [0.4, 0.5) is 4.39 Å². The van der Waals surface area contributed by atoms with Crippen LogP contribution in [0.25, 0.3) is 0 Å². The monoisotopic (exact) mass is 236 g/mol. The summed E-state index contributed by atoms with van der Waals surface area (Å²) in [5.74, 6) is 0.584. The molecule has 5 nitrogen and oxygen atoms in total. The van der Waals surface area contributed by atoms with Gasteiger partial charge in [-0.3, -0.25) is 4.79 Å². The molecule has 17 heavy (non-hydrogen) atoms. The summed E-state index contributed by atoms with van der Waals surface area (Å²) in [5.41, 5.74) is 0.144. The van der Waals surface area contributed by atoms with E-state index < -0.39 is 5.82 Å². The Labute approximate surface area is 96.2 Å². The van der Waals surface area contributed by atoms with Gasteiger partial charge in [0.1, 0.15) is 11.6 Å². The van der Waals surface area contributed by atoms with E-state index in [0.717, 1.165) is 6.07 Å². The zero-order valence-corrected chi connectivity index (χ0v) is 9.01. The Morgan fingerprint density at radius 3 is 3.00 bits per heavy atom. The summed E-state index contributed by atoms with van der Waals surface area (Å²) in [6.45, 7) is 1.72. The highest BCUT2D eigenvalue weighted by molar-refractivity contribution is 5.79. The first-order valence-corrected chi connectivity index (χ1v) is 4.86. The third-order valence-corrected chi connectivity index (χ3v) is 2.03. The highest BCUT2D eigenvalue weighted by Gasteiger charge is 2.07. The van der Waals surface area contributed by atoms with Crippen LogP contribution < -0.4 is 4.74 Å². The van der Waals surface area contributed by atoms with Gasteiger partial charge in [0.25, 0.3) is 0 Å². The molecule has 0 aliphatic heterocycles. The lowest BCUT2D eigenvalue weighted by atomic mass is 10.2. The summed E-state index contributed by atoms with van der Waals surface area (Å²) in [6.07, 6.45) is 0.528. The highest BCUT2D eigenvalue weighted by atomic mass is 19.1. The molecule has 1 aromatic carbocycles. The molecular formula is C11H9FN2O3. The number of halogens is 1. The summed E-state index contributed by atoms with van der Waals surface area (Å²) in [5, 5.41) is 3.63. The van der Waals surface area contributed by atoms with Gasteiger partial charge in [-0.15, -0.1) is 0 Å². The lowest BCUT2D eigenvalue weighted by Gasteiger charge is -2.05. The van der Waals surface area contributed by atoms with E-state index in [9.17, 15) is 9.18 Å². The predicted molar refractivity (Wildman–Crippen MR) is 55.2 cm³/mol. The van der Waals surface area contributed by atoms with E-state index >= 15 is 0 Å². The SMILES string of the molecule is Cc1nc(COc2ccc(F)cc2C=O)no1. The zero-order valence-electron chi connectivity index (χ0n) is 9.01. The van der Waals surface area contributed by atoms with Crippen LogP contribution in [0.2, 0.25) is 0 Å². The number of aldehydes is 1. The minimum absolute atomic E-state index is 0.0593. The molecule has 88 valence electrons. The summed E-state index contributed by atoms with van der Waals surface area (Å²) in [6, 6.07) is 3.69. The van der Waals surface area contributed by atoms with Crippen LogP contribution in [-0.4, -0.2) is 16.4 Å². The van der Waals surface area contributed by atoms with Gasteiger partial charge in [0, 0.05) is 6.92 Å². The van der Waals surface area contributed by atoms with Gasteiger partial charge in [-0.1, -0.05) is 5.16 Å². The van der Waals surface area contributed by atoms with Crippen molar-refractivity contribution in [2.75, 3.05) is 0 Å². The van der Waals surface area contributed by atoms with Crippen LogP contribution in [0.15, 0.2) is 22.7 Å². The lowest BCUT2D eigenvalue weighted by Crippen LogP contribution is -2.00. The standard InChI is InChI=1S/C11H9FN2O3/c1-7-13-11(14-17-7)6-16-10-3-2-9(12)4-8(10)5-15/h2-5H,6H2,1H3. The molecule has 0 aliphatic rings. The number of aryl methyl sites for hydroxylation is 1. The topological polar surface area (TPSA) is 65.2 Å². The summed E-state index contributed by atoms with van der Waals surface area (Å²) < 4.78 is 22.9. The summed E-state index contributed by atoms with van der Waals surface area (Å²) in [4.78, 5) is 14.6. The molecule has 0 saturated heterocycles. The van der Waals surface area contributed by atoms with E-state index in [2.05, 4.69) is 10.1 Å². The van der Waals surface area contributed by atoms with Crippen LogP contribution in [-0.2, 0) is 6.61 Å². The van der Waals surface area contributed by atoms with Crippen molar-refractivity contribution >= 4 is 6.29 Å². The quantitative estimate of drug-likeness (QED) is 0.758. The van der Waals surface area contributed by atoms with E-state index in [1.54, 1.807) is 6.92 Å². The number of hydrogen-bond donors (Lipinski definition) is 0. The van der Waals surface area contributed by atoms with Crippen molar-refractivity contribution in [1.82, 2.24) is 10.1 Å². The van der Waals surface area contributed by atoms with Crippen LogP contribution in [0.3, 0.4) is 0 Å². The molecule has 0 bridgehead atoms. The van der Waals surface area contributed by atoms with E-state index in [4.69, 9.17) is 9.26 Å². The average molecular weight is 236 g/mol. The van der Waals surface area contributed by atoms with Gasteiger partial charge >= 0.3 is 0 Å². The van der Waals surface area contributed by atoms with Gasteiger partial charge < -0.3 is 9.26 Å². The van der Waals surface area contributed by atoms with Crippen LogP contribution in [0, 0.1) is 12.7 Å². The van der Waals surface area contributed by atoms with Crippen LogP contribution >= 0.6 is 0 Å². The largest absolute Gasteiger partial charge is 0.485 e. The number of hydrogen-bond acceptors (Lipinski definition) is 5. The molecule has 6 heteroatoms. The number of carbonyl (C=O) groups excluding carboxylic acids is 1.